The summed E-state index contributed by atoms with van der Waals surface area (Å²) in [6.07, 6.45) is 1.48. The van der Waals surface area contributed by atoms with Gasteiger partial charge in [-0.3, -0.25) is 10.1 Å². The van der Waals surface area contributed by atoms with Crippen molar-refractivity contribution in [2.45, 2.75) is 20.1 Å². The second-order valence-corrected chi connectivity index (χ2v) is 4.44. The molecule has 1 aromatic carbocycles. The Morgan fingerprint density at radius 3 is 2.55 bits per heavy atom. The van der Waals surface area contributed by atoms with Crippen molar-refractivity contribution in [3.05, 3.63) is 63.3 Å². The van der Waals surface area contributed by atoms with Crippen LogP contribution in [0.3, 0.4) is 0 Å². The Balaban J connectivity index is 2.06. The molecule has 1 aromatic heterocycles. The molecular formula is C14H15N3O3. The Hall–Kier alpha value is -2.47. The molecule has 0 amide bonds. The van der Waals surface area contributed by atoms with E-state index in [9.17, 15) is 10.1 Å². The van der Waals surface area contributed by atoms with Crippen molar-refractivity contribution in [1.82, 2.24) is 4.98 Å². The molecule has 6 heteroatoms. The van der Waals surface area contributed by atoms with Crippen LogP contribution in [0.1, 0.15) is 16.7 Å². The van der Waals surface area contributed by atoms with Crippen molar-refractivity contribution in [3.8, 4) is 0 Å². The standard InChI is InChI=1S/C14H15N3O3/c1-10-7-15-14(6-13(10)17(19)20)16-8-11-2-4-12(9-18)5-3-11/h2-7,18H,8-9H2,1H3,(H,15,16). The summed E-state index contributed by atoms with van der Waals surface area (Å²) in [6, 6.07) is 8.88. The van der Waals surface area contributed by atoms with Gasteiger partial charge in [-0.2, -0.15) is 0 Å². The molecule has 0 atom stereocenters. The third-order valence-corrected chi connectivity index (χ3v) is 2.95. The van der Waals surface area contributed by atoms with E-state index in [1.807, 2.05) is 24.3 Å². The smallest absolute Gasteiger partial charge is 0.277 e. The minimum atomic E-state index is -0.418. The van der Waals surface area contributed by atoms with Gasteiger partial charge in [-0.15, -0.1) is 0 Å². The highest BCUT2D eigenvalue weighted by Gasteiger charge is 2.11. The monoisotopic (exact) mass is 273 g/mol. The summed E-state index contributed by atoms with van der Waals surface area (Å²) in [5.74, 6) is 0.466. The first kappa shape index (κ1) is 14.0. The average Bonchev–Trinajstić information content (AvgIpc) is 2.46. The van der Waals surface area contributed by atoms with E-state index in [4.69, 9.17) is 5.11 Å². The predicted molar refractivity (Wildman–Crippen MR) is 75.3 cm³/mol. The Morgan fingerprint density at radius 1 is 1.30 bits per heavy atom. The first-order chi connectivity index (χ1) is 9.60. The first-order valence-corrected chi connectivity index (χ1v) is 6.13. The molecule has 20 heavy (non-hydrogen) atoms. The van der Waals surface area contributed by atoms with Crippen molar-refractivity contribution in [1.29, 1.82) is 0 Å². The van der Waals surface area contributed by atoms with Gasteiger partial charge >= 0.3 is 0 Å². The van der Waals surface area contributed by atoms with Crippen molar-refractivity contribution in [2.24, 2.45) is 0 Å². The van der Waals surface area contributed by atoms with E-state index in [1.165, 1.54) is 12.3 Å². The van der Waals surface area contributed by atoms with E-state index < -0.39 is 4.92 Å². The lowest BCUT2D eigenvalue weighted by Gasteiger charge is -2.07. The molecule has 0 radical (unpaired) electrons. The van der Waals surface area contributed by atoms with E-state index in [-0.39, 0.29) is 12.3 Å². The SMILES string of the molecule is Cc1cnc(NCc2ccc(CO)cc2)cc1[N+](=O)[O-]. The molecule has 0 saturated heterocycles. The van der Waals surface area contributed by atoms with Crippen LogP contribution >= 0.6 is 0 Å². The zero-order chi connectivity index (χ0) is 14.5. The fraction of sp³-hybridized carbons (Fsp3) is 0.214. The Morgan fingerprint density at radius 2 is 1.95 bits per heavy atom. The van der Waals surface area contributed by atoms with Crippen LogP contribution in [0.4, 0.5) is 11.5 Å². The Labute approximate surface area is 116 Å². The number of aromatic nitrogens is 1. The van der Waals surface area contributed by atoms with Crippen LogP contribution in [0.5, 0.6) is 0 Å². The Kier molecular flexibility index (Phi) is 4.27. The highest BCUT2D eigenvalue weighted by molar-refractivity contribution is 5.49. The van der Waals surface area contributed by atoms with Gasteiger partial charge in [-0.25, -0.2) is 4.98 Å². The van der Waals surface area contributed by atoms with Gasteiger partial charge in [0.1, 0.15) is 5.82 Å². The molecule has 2 N–H and O–H groups in total. The Bertz CT molecular complexity index is 612. The van der Waals surface area contributed by atoms with Gasteiger partial charge in [-0.1, -0.05) is 24.3 Å². The number of pyridine rings is 1. The number of nitrogens with zero attached hydrogens (tertiary/aromatic N) is 2. The van der Waals surface area contributed by atoms with E-state index in [0.717, 1.165) is 11.1 Å². The normalized spacial score (nSPS) is 10.3. The van der Waals surface area contributed by atoms with E-state index >= 15 is 0 Å². The summed E-state index contributed by atoms with van der Waals surface area (Å²) >= 11 is 0. The highest BCUT2D eigenvalue weighted by Crippen LogP contribution is 2.20. The fourth-order valence-electron chi connectivity index (χ4n) is 1.76. The highest BCUT2D eigenvalue weighted by atomic mass is 16.6. The van der Waals surface area contributed by atoms with E-state index in [1.54, 1.807) is 6.92 Å². The predicted octanol–water partition coefficient (Wildman–Crippen LogP) is 2.40. The maximum absolute atomic E-state index is 10.8. The number of anilines is 1. The second kappa shape index (κ2) is 6.12. The largest absolute Gasteiger partial charge is 0.392 e. The van der Waals surface area contributed by atoms with Gasteiger partial charge < -0.3 is 10.4 Å². The number of aliphatic hydroxyl groups excluding tert-OH is 1. The molecule has 0 aliphatic rings. The molecule has 0 aliphatic heterocycles. The van der Waals surface area contributed by atoms with Crippen LogP contribution < -0.4 is 5.32 Å². The van der Waals surface area contributed by atoms with Gasteiger partial charge in [0, 0.05) is 18.3 Å². The average molecular weight is 273 g/mol. The molecule has 2 aromatic rings. The van der Waals surface area contributed by atoms with Crippen LogP contribution in [0, 0.1) is 17.0 Å². The summed E-state index contributed by atoms with van der Waals surface area (Å²) in [5, 5.41) is 22.8. The molecule has 0 saturated carbocycles. The molecule has 0 spiro atoms. The molecule has 0 unspecified atom stereocenters. The molecule has 6 nitrogen and oxygen atoms in total. The van der Waals surface area contributed by atoms with Gasteiger partial charge in [-0.05, 0) is 18.1 Å². The van der Waals surface area contributed by atoms with Crippen LogP contribution in [0.2, 0.25) is 0 Å². The summed E-state index contributed by atoms with van der Waals surface area (Å²) in [6.45, 7) is 2.18. The lowest BCUT2D eigenvalue weighted by atomic mass is 10.1. The number of rotatable bonds is 5. The number of nitrogens with one attached hydrogen (secondary N) is 1. The summed E-state index contributed by atoms with van der Waals surface area (Å²) in [7, 11) is 0. The van der Waals surface area contributed by atoms with Crippen LogP contribution in [-0.4, -0.2) is 15.0 Å². The van der Waals surface area contributed by atoms with E-state index in [0.29, 0.717) is 17.9 Å². The number of aliphatic hydroxyl groups is 1. The molecule has 0 aliphatic carbocycles. The van der Waals surface area contributed by atoms with E-state index in [2.05, 4.69) is 10.3 Å². The topological polar surface area (TPSA) is 88.3 Å². The number of nitro groups is 1. The summed E-state index contributed by atoms with van der Waals surface area (Å²) in [5.41, 5.74) is 2.44. The third kappa shape index (κ3) is 3.30. The van der Waals surface area contributed by atoms with Crippen molar-refractivity contribution < 1.29 is 10.0 Å². The number of benzene rings is 1. The molecular weight excluding hydrogens is 258 g/mol. The van der Waals surface area contributed by atoms with Crippen molar-refractivity contribution in [2.75, 3.05) is 5.32 Å². The van der Waals surface area contributed by atoms with Crippen LogP contribution in [0.15, 0.2) is 36.5 Å². The summed E-state index contributed by atoms with van der Waals surface area (Å²) < 4.78 is 0. The second-order valence-electron chi connectivity index (χ2n) is 4.44. The molecule has 104 valence electrons. The zero-order valence-electron chi connectivity index (χ0n) is 11.0. The quantitative estimate of drug-likeness (QED) is 0.645. The lowest BCUT2D eigenvalue weighted by molar-refractivity contribution is -0.385. The maximum atomic E-state index is 10.8. The van der Waals surface area contributed by atoms with Gasteiger partial charge in [0.15, 0.2) is 0 Å². The number of aryl methyl sites for hydroxylation is 1. The van der Waals surface area contributed by atoms with Gasteiger partial charge in [0.2, 0.25) is 0 Å². The van der Waals surface area contributed by atoms with Crippen LogP contribution in [0.25, 0.3) is 0 Å². The maximum Gasteiger partial charge on any atom is 0.277 e. The number of hydrogen-bond donors (Lipinski definition) is 2. The van der Waals surface area contributed by atoms with Gasteiger partial charge in [0.25, 0.3) is 5.69 Å². The lowest BCUT2D eigenvalue weighted by Crippen LogP contribution is -2.03. The van der Waals surface area contributed by atoms with Crippen molar-refractivity contribution in [3.63, 3.8) is 0 Å². The van der Waals surface area contributed by atoms with Crippen LogP contribution in [-0.2, 0) is 13.2 Å². The molecule has 1 heterocycles. The molecule has 2 rings (SSSR count). The third-order valence-electron chi connectivity index (χ3n) is 2.95. The minimum Gasteiger partial charge on any atom is -0.392 e. The molecule has 0 fully saturated rings. The molecule has 0 bridgehead atoms. The number of hydrogen-bond acceptors (Lipinski definition) is 5. The van der Waals surface area contributed by atoms with Gasteiger partial charge in [0.05, 0.1) is 17.6 Å². The summed E-state index contributed by atoms with van der Waals surface area (Å²) in [4.78, 5) is 14.5. The minimum absolute atomic E-state index is 0.0133. The zero-order valence-corrected chi connectivity index (χ0v) is 11.0. The first-order valence-electron chi connectivity index (χ1n) is 6.13. The fourth-order valence-corrected chi connectivity index (χ4v) is 1.76. The van der Waals surface area contributed by atoms with Crippen molar-refractivity contribution >= 4 is 11.5 Å².